The van der Waals surface area contributed by atoms with E-state index in [0.717, 1.165) is 63.6 Å². The van der Waals surface area contributed by atoms with Crippen molar-refractivity contribution in [2.45, 2.75) is 31.6 Å². The van der Waals surface area contributed by atoms with E-state index in [9.17, 15) is 4.79 Å². The molecule has 1 aromatic heterocycles. The fraction of sp³-hybridized carbons (Fsp3) is 0.591. The number of fused-ring (bicyclic) bond motifs is 1. The largest absolute Gasteiger partial charge is 0.375 e. The highest BCUT2D eigenvalue weighted by molar-refractivity contribution is 5.77. The van der Waals surface area contributed by atoms with Crippen LogP contribution in [0.15, 0.2) is 30.3 Å². The number of piperidine rings is 1. The molecule has 7 heteroatoms. The first-order valence-electron chi connectivity index (χ1n) is 10.5. The number of aromatic amines is 1. The van der Waals surface area contributed by atoms with Crippen molar-refractivity contribution in [3.8, 4) is 0 Å². The molecule has 0 aliphatic carbocycles. The zero-order chi connectivity index (χ0) is 20.3. The number of carbonyl (C=O) groups excluding carboxylic acids is 1. The third-order valence-electron chi connectivity index (χ3n) is 6.48. The minimum Gasteiger partial charge on any atom is -0.375 e. The van der Waals surface area contributed by atoms with Crippen LogP contribution in [0.4, 0.5) is 0 Å². The summed E-state index contributed by atoms with van der Waals surface area (Å²) in [5.74, 6) is 2.21. The molecule has 2 aromatic rings. The van der Waals surface area contributed by atoms with E-state index >= 15 is 0 Å². The van der Waals surface area contributed by atoms with E-state index in [1.165, 1.54) is 5.56 Å². The van der Waals surface area contributed by atoms with Gasteiger partial charge in [-0.3, -0.25) is 9.89 Å². The standard InChI is InChI=1S/C22H31N5O2/c1-17-23-21(25-24-17)22-10-12-27(20(28)15-29-2)14-19(22)13-26(16-22)11-6-9-18-7-4-3-5-8-18/h3-5,7-8,19H,6,9-16H2,1-2H3,(H,23,24,25)/t19-,22+/m0/s1. The zero-order valence-electron chi connectivity index (χ0n) is 17.4. The molecule has 2 fully saturated rings. The number of aromatic nitrogens is 3. The summed E-state index contributed by atoms with van der Waals surface area (Å²) < 4.78 is 5.07. The molecular weight excluding hydrogens is 366 g/mol. The summed E-state index contributed by atoms with van der Waals surface area (Å²) in [7, 11) is 1.58. The summed E-state index contributed by atoms with van der Waals surface area (Å²) in [6.45, 7) is 6.61. The molecule has 0 saturated carbocycles. The summed E-state index contributed by atoms with van der Waals surface area (Å²) in [6.07, 6.45) is 3.12. The Kier molecular flexibility index (Phi) is 5.96. The minimum atomic E-state index is -0.0681. The molecule has 4 rings (SSSR count). The number of aryl methyl sites for hydroxylation is 2. The molecule has 2 atom stereocenters. The van der Waals surface area contributed by atoms with Gasteiger partial charge in [0, 0.05) is 39.2 Å². The van der Waals surface area contributed by atoms with Gasteiger partial charge in [-0.15, -0.1) is 0 Å². The van der Waals surface area contributed by atoms with E-state index in [4.69, 9.17) is 9.72 Å². The fourth-order valence-electron chi connectivity index (χ4n) is 4.98. The molecule has 2 aliphatic heterocycles. The number of hydrogen-bond acceptors (Lipinski definition) is 5. The Morgan fingerprint density at radius 1 is 1.31 bits per heavy atom. The lowest BCUT2D eigenvalue weighted by atomic mass is 9.72. The first kappa shape index (κ1) is 20.0. The summed E-state index contributed by atoms with van der Waals surface area (Å²) in [5.41, 5.74) is 1.32. The molecule has 3 heterocycles. The summed E-state index contributed by atoms with van der Waals surface area (Å²) in [5, 5.41) is 7.58. The maximum absolute atomic E-state index is 12.4. The van der Waals surface area contributed by atoms with Crippen molar-refractivity contribution in [2.75, 3.05) is 46.4 Å². The monoisotopic (exact) mass is 397 g/mol. The van der Waals surface area contributed by atoms with E-state index in [2.05, 4.69) is 45.4 Å². The molecule has 1 N–H and O–H groups in total. The Labute approximate surface area is 172 Å². The average molecular weight is 398 g/mol. The lowest BCUT2D eigenvalue weighted by Gasteiger charge is -2.41. The number of nitrogens with zero attached hydrogens (tertiary/aromatic N) is 4. The van der Waals surface area contributed by atoms with E-state index in [-0.39, 0.29) is 17.9 Å². The van der Waals surface area contributed by atoms with Crippen molar-refractivity contribution in [1.82, 2.24) is 25.0 Å². The molecule has 0 spiro atoms. The second kappa shape index (κ2) is 8.63. The van der Waals surface area contributed by atoms with Gasteiger partial charge >= 0.3 is 0 Å². The van der Waals surface area contributed by atoms with Crippen LogP contribution in [0.2, 0.25) is 0 Å². The van der Waals surface area contributed by atoms with Gasteiger partial charge in [-0.2, -0.15) is 5.10 Å². The van der Waals surface area contributed by atoms with Crippen LogP contribution in [0.25, 0.3) is 0 Å². The first-order chi connectivity index (χ1) is 14.1. The van der Waals surface area contributed by atoms with Crippen LogP contribution < -0.4 is 0 Å². The van der Waals surface area contributed by atoms with Gasteiger partial charge in [-0.25, -0.2) is 4.98 Å². The maximum Gasteiger partial charge on any atom is 0.248 e. The molecule has 156 valence electrons. The van der Waals surface area contributed by atoms with Gasteiger partial charge in [-0.05, 0) is 38.3 Å². The van der Waals surface area contributed by atoms with Gasteiger partial charge in [0.15, 0.2) is 5.82 Å². The van der Waals surface area contributed by atoms with Crippen LogP contribution in [0.3, 0.4) is 0 Å². The average Bonchev–Trinajstić information content (AvgIpc) is 3.32. The quantitative estimate of drug-likeness (QED) is 0.771. The second-order valence-corrected chi connectivity index (χ2v) is 8.44. The number of rotatable bonds is 7. The number of H-pyrrole nitrogens is 1. The Bertz CT molecular complexity index is 824. The lowest BCUT2D eigenvalue weighted by molar-refractivity contribution is -0.137. The minimum absolute atomic E-state index is 0.0681. The predicted molar refractivity (Wildman–Crippen MR) is 111 cm³/mol. The number of benzene rings is 1. The highest BCUT2D eigenvalue weighted by atomic mass is 16.5. The first-order valence-corrected chi connectivity index (χ1v) is 10.5. The summed E-state index contributed by atoms with van der Waals surface area (Å²) in [6, 6.07) is 10.7. The van der Waals surface area contributed by atoms with Gasteiger partial charge in [0.05, 0.1) is 5.41 Å². The van der Waals surface area contributed by atoms with Gasteiger partial charge in [0.25, 0.3) is 0 Å². The molecule has 2 saturated heterocycles. The number of likely N-dealkylation sites (tertiary alicyclic amines) is 2. The second-order valence-electron chi connectivity index (χ2n) is 8.44. The van der Waals surface area contributed by atoms with Crippen LogP contribution in [0.5, 0.6) is 0 Å². The third-order valence-corrected chi connectivity index (χ3v) is 6.48. The van der Waals surface area contributed by atoms with Crippen LogP contribution in [-0.2, 0) is 21.4 Å². The van der Waals surface area contributed by atoms with Gasteiger partial charge in [0.1, 0.15) is 12.4 Å². The van der Waals surface area contributed by atoms with Crippen LogP contribution >= 0.6 is 0 Å². The van der Waals surface area contributed by atoms with E-state index in [1.54, 1.807) is 7.11 Å². The fourth-order valence-corrected chi connectivity index (χ4v) is 4.98. The highest BCUT2D eigenvalue weighted by Crippen LogP contribution is 2.44. The third kappa shape index (κ3) is 4.21. The molecule has 0 bridgehead atoms. The number of ether oxygens (including phenoxy) is 1. The molecule has 1 aromatic carbocycles. The van der Waals surface area contributed by atoms with Crippen molar-refractivity contribution in [3.63, 3.8) is 0 Å². The predicted octanol–water partition coefficient (Wildman–Crippen LogP) is 1.79. The number of hydrogen-bond donors (Lipinski definition) is 1. The Balaban J connectivity index is 1.45. The number of nitrogens with one attached hydrogen (secondary N) is 1. The van der Waals surface area contributed by atoms with Crippen molar-refractivity contribution >= 4 is 5.91 Å². The maximum atomic E-state index is 12.4. The van der Waals surface area contributed by atoms with Crippen LogP contribution in [0, 0.1) is 12.8 Å². The molecule has 0 unspecified atom stereocenters. The molecule has 1 amide bonds. The van der Waals surface area contributed by atoms with E-state index in [1.807, 2.05) is 11.8 Å². The molecular formula is C22H31N5O2. The molecule has 0 radical (unpaired) electrons. The van der Waals surface area contributed by atoms with E-state index in [0.29, 0.717) is 5.92 Å². The molecule has 2 aliphatic rings. The molecule has 7 nitrogen and oxygen atoms in total. The van der Waals surface area contributed by atoms with Crippen molar-refractivity contribution < 1.29 is 9.53 Å². The van der Waals surface area contributed by atoms with Crippen molar-refractivity contribution in [2.24, 2.45) is 5.92 Å². The highest BCUT2D eigenvalue weighted by Gasteiger charge is 2.53. The number of carbonyl (C=O) groups is 1. The van der Waals surface area contributed by atoms with Crippen molar-refractivity contribution in [1.29, 1.82) is 0 Å². The topological polar surface area (TPSA) is 74.3 Å². The van der Waals surface area contributed by atoms with Crippen LogP contribution in [-0.4, -0.2) is 77.3 Å². The SMILES string of the molecule is COCC(=O)N1CC[C@@]2(c3n[nH]c(C)n3)CN(CCCc3ccccc3)C[C@H]2C1. The smallest absolute Gasteiger partial charge is 0.248 e. The molecule has 29 heavy (non-hydrogen) atoms. The normalized spacial score (nSPS) is 24.6. The van der Waals surface area contributed by atoms with Gasteiger partial charge in [0.2, 0.25) is 5.91 Å². The Morgan fingerprint density at radius 3 is 2.86 bits per heavy atom. The van der Waals surface area contributed by atoms with Crippen molar-refractivity contribution in [3.05, 3.63) is 47.5 Å². The number of amides is 1. The Morgan fingerprint density at radius 2 is 2.14 bits per heavy atom. The van der Waals surface area contributed by atoms with Crippen LogP contribution in [0.1, 0.15) is 30.1 Å². The summed E-state index contributed by atoms with van der Waals surface area (Å²) in [4.78, 5) is 21.6. The van der Waals surface area contributed by atoms with Gasteiger partial charge in [-0.1, -0.05) is 30.3 Å². The number of methoxy groups -OCH3 is 1. The summed E-state index contributed by atoms with van der Waals surface area (Å²) >= 11 is 0. The lowest BCUT2D eigenvalue weighted by Crippen LogP contribution is -2.52. The zero-order valence-corrected chi connectivity index (χ0v) is 17.4. The van der Waals surface area contributed by atoms with E-state index < -0.39 is 0 Å². The Hall–Kier alpha value is -2.25. The van der Waals surface area contributed by atoms with Gasteiger partial charge < -0.3 is 14.5 Å².